The molecule has 0 bridgehead atoms. The van der Waals surface area contributed by atoms with E-state index in [9.17, 15) is 4.39 Å². The van der Waals surface area contributed by atoms with Crippen molar-refractivity contribution in [2.75, 3.05) is 5.32 Å². The van der Waals surface area contributed by atoms with Crippen molar-refractivity contribution in [3.63, 3.8) is 0 Å². The first-order valence-corrected chi connectivity index (χ1v) is 9.32. The molecule has 2 aromatic carbocycles. The van der Waals surface area contributed by atoms with E-state index >= 15 is 0 Å². The maximum Gasteiger partial charge on any atom is 0.225 e. The largest absolute Gasteiger partial charge is 0.339 e. The third kappa shape index (κ3) is 3.04. The molecule has 1 N–H and O–H groups in total. The van der Waals surface area contributed by atoms with E-state index in [1.165, 1.54) is 29.0 Å². The van der Waals surface area contributed by atoms with Gasteiger partial charge < -0.3 is 5.32 Å². The fourth-order valence-electron chi connectivity index (χ4n) is 2.86. The fourth-order valence-corrected chi connectivity index (χ4v) is 4.03. The zero-order valence-electron chi connectivity index (χ0n) is 14.2. The summed E-state index contributed by atoms with van der Waals surface area (Å²) in [5.41, 5.74) is 5.17. The van der Waals surface area contributed by atoms with Gasteiger partial charge in [-0.2, -0.15) is 4.98 Å². The Balaban J connectivity index is 1.89. The number of hydrogen-bond acceptors (Lipinski definition) is 4. The van der Waals surface area contributed by atoms with Crippen LogP contribution in [0.25, 0.3) is 21.3 Å². The van der Waals surface area contributed by atoms with Crippen molar-refractivity contribution in [3.05, 3.63) is 70.1 Å². The maximum absolute atomic E-state index is 13.3. The third-order valence-corrected chi connectivity index (χ3v) is 5.46. The lowest BCUT2D eigenvalue weighted by Crippen LogP contribution is -1.99. The van der Waals surface area contributed by atoms with Gasteiger partial charge in [0, 0.05) is 16.6 Å². The first-order valence-electron chi connectivity index (χ1n) is 8.07. The van der Waals surface area contributed by atoms with Crippen LogP contribution in [0.3, 0.4) is 0 Å². The van der Waals surface area contributed by atoms with E-state index in [2.05, 4.69) is 35.2 Å². The predicted molar refractivity (Wildman–Crippen MR) is 107 cm³/mol. The molecule has 4 aromatic rings. The molecule has 0 saturated heterocycles. The first kappa shape index (κ1) is 16.9. The van der Waals surface area contributed by atoms with Crippen LogP contribution >= 0.6 is 22.9 Å². The molecule has 4 rings (SSSR count). The van der Waals surface area contributed by atoms with E-state index in [4.69, 9.17) is 11.6 Å². The summed E-state index contributed by atoms with van der Waals surface area (Å²) < 4.78 is 13.3. The number of anilines is 2. The Hall–Kier alpha value is -2.50. The van der Waals surface area contributed by atoms with Gasteiger partial charge in [-0.1, -0.05) is 24.3 Å². The quantitative estimate of drug-likeness (QED) is 0.410. The van der Waals surface area contributed by atoms with Crippen LogP contribution in [0.1, 0.15) is 11.1 Å². The summed E-state index contributed by atoms with van der Waals surface area (Å²) in [7, 11) is 0. The fraction of sp³-hybridized carbons (Fsp3) is 0.100. The van der Waals surface area contributed by atoms with E-state index in [0.717, 1.165) is 32.6 Å². The van der Waals surface area contributed by atoms with E-state index in [0.29, 0.717) is 5.82 Å². The van der Waals surface area contributed by atoms with Crippen molar-refractivity contribution in [1.29, 1.82) is 0 Å². The van der Waals surface area contributed by atoms with Crippen LogP contribution in [0.5, 0.6) is 0 Å². The zero-order valence-corrected chi connectivity index (χ0v) is 15.7. The van der Waals surface area contributed by atoms with Crippen LogP contribution < -0.4 is 5.32 Å². The monoisotopic (exact) mass is 383 g/mol. The molecule has 0 aliphatic carbocycles. The number of thiophene rings is 1. The number of fused-ring (bicyclic) bond motifs is 1. The Morgan fingerprint density at radius 3 is 2.58 bits per heavy atom. The summed E-state index contributed by atoms with van der Waals surface area (Å²) in [5.74, 6) is 0.385. The standard InChI is InChI=1S/C20H15ClFN3S/c1-11-4-3-5-16(12(11)2)23-18-17-15(13-6-8-14(22)9-7-13)10-26-19(17)25-20(21)24-18/h3-10H,1-2H3,(H,23,24,25). The normalized spacial score (nSPS) is 11.1. The van der Waals surface area contributed by atoms with E-state index < -0.39 is 0 Å². The van der Waals surface area contributed by atoms with Gasteiger partial charge in [-0.3, -0.25) is 0 Å². The number of aryl methyl sites for hydroxylation is 1. The number of halogens is 2. The summed E-state index contributed by atoms with van der Waals surface area (Å²) in [5, 5.41) is 6.47. The Labute approximate surface area is 159 Å². The molecule has 0 radical (unpaired) electrons. The lowest BCUT2D eigenvalue weighted by Gasteiger charge is -2.13. The molecule has 0 saturated carbocycles. The van der Waals surface area contributed by atoms with Crippen molar-refractivity contribution in [1.82, 2.24) is 9.97 Å². The molecule has 2 heterocycles. The minimum atomic E-state index is -0.263. The lowest BCUT2D eigenvalue weighted by atomic mass is 10.1. The molecular formula is C20H15ClFN3S. The third-order valence-electron chi connectivity index (χ3n) is 4.42. The second kappa shape index (κ2) is 6.67. The average Bonchev–Trinajstić information content (AvgIpc) is 3.03. The molecule has 130 valence electrons. The molecule has 0 atom stereocenters. The van der Waals surface area contributed by atoms with Crippen LogP contribution in [0.2, 0.25) is 5.28 Å². The van der Waals surface area contributed by atoms with Crippen molar-refractivity contribution in [3.8, 4) is 11.1 Å². The highest BCUT2D eigenvalue weighted by Gasteiger charge is 2.16. The van der Waals surface area contributed by atoms with Gasteiger partial charge in [0.2, 0.25) is 5.28 Å². The molecule has 2 aromatic heterocycles. The molecule has 0 spiro atoms. The van der Waals surface area contributed by atoms with Crippen LogP contribution in [-0.2, 0) is 0 Å². The Morgan fingerprint density at radius 1 is 1.04 bits per heavy atom. The summed E-state index contributed by atoms with van der Waals surface area (Å²) in [6.07, 6.45) is 0. The van der Waals surface area contributed by atoms with Gasteiger partial charge in [-0.25, -0.2) is 9.37 Å². The maximum atomic E-state index is 13.3. The van der Waals surface area contributed by atoms with Gasteiger partial charge in [-0.05, 0) is 60.3 Å². The molecule has 0 amide bonds. The lowest BCUT2D eigenvalue weighted by molar-refractivity contribution is 0.628. The van der Waals surface area contributed by atoms with Crippen molar-refractivity contribution < 1.29 is 4.39 Å². The van der Waals surface area contributed by atoms with E-state index in [1.807, 2.05) is 17.5 Å². The van der Waals surface area contributed by atoms with Gasteiger partial charge in [0.15, 0.2) is 0 Å². The number of nitrogens with zero attached hydrogens (tertiary/aromatic N) is 2. The first-order chi connectivity index (χ1) is 12.5. The van der Waals surface area contributed by atoms with Crippen LogP contribution in [-0.4, -0.2) is 9.97 Å². The number of rotatable bonds is 3. The molecule has 6 heteroatoms. The van der Waals surface area contributed by atoms with Crippen molar-refractivity contribution >= 4 is 44.7 Å². The van der Waals surface area contributed by atoms with Gasteiger partial charge in [0.25, 0.3) is 0 Å². The molecular weight excluding hydrogens is 369 g/mol. The highest BCUT2D eigenvalue weighted by Crippen LogP contribution is 2.39. The summed E-state index contributed by atoms with van der Waals surface area (Å²) in [6, 6.07) is 12.5. The van der Waals surface area contributed by atoms with Gasteiger partial charge in [-0.15, -0.1) is 11.3 Å². The van der Waals surface area contributed by atoms with Gasteiger partial charge >= 0.3 is 0 Å². The number of aromatic nitrogens is 2. The highest BCUT2D eigenvalue weighted by atomic mass is 35.5. The van der Waals surface area contributed by atoms with Crippen LogP contribution in [0.15, 0.2) is 47.8 Å². The van der Waals surface area contributed by atoms with Crippen LogP contribution in [0, 0.1) is 19.7 Å². The molecule has 0 unspecified atom stereocenters. The minimum Gasteiger partial charge on any atom is -0.339 e. The van der Waals surface area contributed by atoms with Crippen LogP contribution in [0.4, 0.5) is 15.9 Å². The number of hydrogen-bond donors (Lipinski definition) is 1. The zero-order chi connectivity index (χ0) is 18.3. The van der Waals surface area contributed by atoms with Crippen molar-refractivity contribution in [2.24, 2.45) is 0 Å². The van der Waals surface area contributed by atoms with E-state index in [-0.39, 0.29) is 11.1 Å². The molecule has 0 aliphatic heterocycles. The summed E-state index contributed by atoms with van der Waals surface area (Å²) >= 11 is 7.62. The van der Waals surface area contributed by atoms with E-state index in [1.54, 1.807) is 12.1 Å². The molecule has 26 heavy (non-hydrogen) atoms. The second-order valence-corrected chi connectivity index (χ2v) is 7.25. The summed E-state index contributed by atoms with van der Waals surface area (Å²) in [6.45, 7) is 4.13. The minimum absolute atomic E-state index is 0.192. The van der Waals surface area contributed by atoms with Crippen molar-refractivity contribution in [2.45, 2.75) is 13.8 Å². The van der Waals surface area contributed by atoms with Gasteiger partial charge in [0.05, 0.1) is 5.39 Å². The Bertz CT molecular complexity index is 1110. The SMILES string of the molecule is Cc1cccc(Nc2nc(Cl)nc3scc(-c4ccc(F)cc4)c23)c1C. The Morgan fingerprint density at radius 2 is 1.81 bits per heavy atom. The second-order valence-electron chi connectivity index (χ2n) is 6.05. The molecule has 0 aliphatic rings. The molecule has 0 fully saturated rings. The number of nitrogens with one attached hydrogen (secondary N) is 1. The predicted octanol–water partition coefficient (Wildman–Crippen LogP) is 6.51. The molecule has 3 nitrogen and oxygen atoms in total. The highest BCUT2D eigenvalue weighted by molar-refractivity contribution is 7.17. The number of benzene rings is 2. The average molecular weight is 384 g/mol. The smallest absolute Gasteiger partial charge is 0.225 e. The van der Waals surface area contributed by atoms with Gasteiger partial charge in [0.1, 0.15) is 16.5 Å². The summed E-state index contributed by atoms with van der Waals surface area (Å²) in [4.78, 5) is 9.55. The Kier molecular flexibility index (Phi) is 4.34. The topological polar surface area (TPSA) is 37.8 Å².